The first-order valence-electron chi connectivity index (χ1n) is 25.4. The molecule has 0 spiro atoms. The van der Waals surface area contributed by atoms with E-state index < -0.39 is 49.4 Å². The molecule has 1 unspecified atom stereocenters. The molecule has 0 saturated carbocycles. The quantitative estimate of drug-likeness (QED) is 0.0283. The Balaban J connectivity index is 0.981. The van der Waals surface area contributed by atoms with Crippen LogP contribution in [0.3, 0.4) is 0 Å². The lowest BCUT2D eigenvalue weighted by molar-refractivity contribution is -0.203. The van der Waals surface area contributed by atoms with E-state index in [0.717, 1.165) is 49.2 Å². The lowest BCUT2D eigenvalue weighted by Crippen LogP contribution is -2.49. The SMILES string of the molecule is COc1ccc(C(OC[C@]23CO[C@H]([C@H](n4cc(-c5cn(C#Cc6ccc7ccc8cccc9ccc6c7c89)nn5)c(=O)[nH]c4=O)O2)[C@H]3OP(OCCC#N)N(C(C)C)C(C)C)(c2ccccc2)c2ccc(OC)cc2)cc1. The molecule has 16 nitrogen and oxygen atoms in total. The van der Waals surface area contributed by atoms with Crippen LogP contribution in [0.15, 0.2) is 155 Å². The molecule has 2 aliphatic heterocycles. The predicted octanol–water partition coefficient (Wildman–Crippen LogP) is 9.90. The molecule has 2 aliphatic rings. The van der Waals surface area contributed by atoms with Crippen molar-refractivity contribution in [2.24, 2.45) is 0 Å². The standard InChI is InChI=1S/C60H56N7O9P/c1-38(2)67(39(3)4)77(74-33-11-31-61)76-55-54-57(75-59(55,36-72-54)37-73-60(44-14-8-7-9-15-44,45-21-25-47(70-5)26-22-45)46-23-27-48(71-6)28-24-46)66-34-50(56(68)62-58(66)69)51-35-65(64-63-51)32-30-40-16-17-43-19-18-41-12-10-13-42-20-29-49(40)53(43)52(41)42/h7-10,12-29,34-35,38-39,54-55,57H,11,33,36-37H2,1-6H3,(H,62,68,69)/t54-,55+,57+,59-,77?/m0/s1. The van der Waals surface area contributed by atoms with Crippen molar-refractivity contribution in [1.29, 1.82) is 5.26 Å². The van der Waals surface area contributed by atoms with E-state index in [1.807, 2.05) is 84.9 Å². The lowest BCUT2D eigenvalue weighted by Gasteiger charge is -2.41. The van der Waals surface area contributed by atoms with E-state index in [1.54, 1.807) is 20.4 Å². The summed E-state index contributed by atoms with van der Waals surface area (Å²) in [7, 11) is 1.36. The minimum Gasteiger partial charge on any atom is -0.497 e. The van der Waals surface area contributed by atoms with Crippen LogP contribution < -0.4 is 20.7 Å². The summed E-state index contributed by atoms with van der Waals surface area (Å²) in [5.41, 5.74) is -0.679. The van der Waals surface area contributed by atoms with Crippen molar-refractivity contribution in [3.8, 4) is 40.8 Å². The largest absolute Gasteiger partial charge is 0.497 e. The molecule has 5 atom stereocenters. The molecule has 2 saturated heterocycles. The molecular formula is C60H56N7O9P. The Bertz CT molecular complexity index is 3740. The average molecular weight is 1050 g/mol. The van der Waals surface area contributed by atoms with Gasteiger partial charge in [0.2, 0.25) is 0 Å². The van der Waals surface area contributed by atoms with Crippen LogP contribution in [-0.2, 0) is 28.9 Å². The Kier molecular flexibility index (Phi) is 14.2. The van der Waals surface area contributed by atoms with Gasteiger partial charge in [0.25, 0.3) is 14.1 Å². The van der Waals surface area contributed by atoms with Gasteiger partial charge in [-0.25, -0.2) is 9.46 Å². The molecule has 2 aromatic heterocycles. The van der Waals surface area contributed by atoms with Crippen LogP contribution in [0.1, 0.15) is 62.6 Å². The molecule has 0 aliphatic carbocycles. The van der Waals surface area contributed by atoms with Crippen LogP contribution in [-0.4, -0.2) is 93.1 Å². The highest BCUT2D eigenvalue weighted by Crippen LogP contribution is 2.56. The Morgan fingerprint density at radius 3 is 2.09 bits per heavy atom. The lowest BCUT2D eigenvalue weighted by atomic mass is 9.79. The number of nitrogens with zero attached hydrogens (tertiary/aromatic N) is 6. The molecule has 0 amide bonds. The van der Waals surface area contributed by atoms with Crippen molar-refractivity contribution in [2.75, 3.05) is 34.0 Å². The molecule has 0 radical (unpaired) electrons. The number of hydrogen-bond donors (Lipinski definition) is 1. The maximum atomic E-state index is 14.2. The van der Waals surface area contributed by atoms with Gasteiger partial charge in [-0.1, -0.05) is 108 Å². The van der Waals surface area contributed by atoms with Crippen LogP contribution in [0.4, 0.5) is 0 Å². The van der Waals surface area contributed by atoms with Crippen molar-refractivity contribution >= 4 is 40.8 Å². The summed E-state index contributed by atoms with van der Waals surface area (Å²) in [5, 5.41) is 25.0. The summed E-state index contributed by atoms with van der Waals surface area (Å²) in [6.45, 7) is 8.20. The van der Waals surface area contributed by atoms with Crippen molar-refractivity contribution in [1.82, 2.24) is 29.2 Å². The number of rotatable bonds is 18. The summed E-state index contributed by atoms with van der Waals surface area (Å²) in [6.07, 6.45) is 0.0921. The number of fused-ring (bicyclic) bond motifs is 2. The highest BCUT2D eigenvalue weighted by Gasteiger charge is 2.65. The van der Waals surface area contributed by atoms with Gasteiger partial charge in [0, 0.05) is 29.9 Å². The van der Waals surface area contributed by atoms with E-state index in [-0.39, 0.29) is 49.6 Å². The molecule has 7 aromatic carbocycles. The minimum absolute atomic E-state index is 0.00368. The van der Waals surface area contributed by atoms with Crippen molar-refractivity contribution < 1.29 is 32.7 Å². The normalized spacial score (nSPS) is 18.6. The second kappa shape index (κ2) is 21.3. The van der Waals surface area contributed by atoms with Crippen LogP contribution in [0.5, 0.6) is 11.5 Å². The van der Waals surface area contributed by atoms with Gasteiger partial charge < -0.3 is 32.7 Å². The number of methoxy groups -OCH3 is 2. The first-order chi connectivity index (χ1) is 37.4. The predicted molar refractivity (Wildman–Crippen MR) is 294 cm³/mol. The number of nitrogens with one attached hydrogen (secondary N) is 1. The third-order valence-corrected chi connectivity index (χ3v) is 16.5. The number of ether oxygens (including phenoxy) is 5. The third-order valence-electron chi connectivity index (χ3n) is 14.4. The van der Waals surface area contributed by atoms with E-state index >= 15 is 0 Å². The number of aromatic nitrogens is 5. The fraction of sp³-hybridized carbons (Fsp3) is 0.283. The van der Waals surface area contributed by atoms with Gasteiger partial charge in [0.1, 0.15) is 40.6 Å². The van der Waals surface area contributed by atoms with Crippen LogP contribution >= 0.6 is 8.53 Å². The Labute approximate surface area is 445 Å². The van der Waals surface area contributed by atoms with E-state index in [2.05, 4.69) is 114 Å². The minimum atomic E-state index is -1.88. The van der Waals surface area contributed by atoms with E-state index in [1.165, 1.54) is 20.8 Å². The zero-order valence-corrected chi connectivity index (χ0v) is 44.3. The zero-order valence-electron chi connectivity index (χ0n) is 43.4. The molecule has 2 fully saturated rings. The van der Waals surface area contributed by atoms with Crippen LogP contribution in [0.25, 0.3) is 43.6 Å². The van der Waals surface area contributed by atoms with Gasteiger partial charge in [-0.05, 0) is 113 Å². The van der Waals surface area contributed by atoms with Crippen LogP contribution in [0, 0.1) is 23.3 Å². The molecule has 4 heterocycles. The smallest absolute Gasteiger partial charge is 0.330 e. The van der Waals surface area contributed by atoms with Crippen LogP contribution in [0.2, 0.25) is 0 Å². The number of benzene rings is 7. The van der Waals surface area contributed by atoms with Gasteiger partial charge in [-0.3, -0.25) is 14.3 Å². The highest BCUT2D eigenvalue weighted by molar-refractivity contribution is 7.44. The summed E-state index contributed by atoms with van der Waals surface area (Å²) >= 11 is 0. The summed E-state index contributed by atoms with van der Waals surface area (Å²) in [4.78, 5) is 30.5. The molecule has 1 N–H and O–H groups in total. The molecule has 11 rings (SSSR count). The molecular weight excluding hydrogens is 994 g/mol. The average Bonchev–Trinajstić information content (AvgIpc) is 4.39. The third kappa shape index (κ3) is 9.42. The Hall–Kier alpha value is -7.76. The maximum Gasteiger partial charge on any atom is 0.330 e. The van der Waals surface area contributed by atoms with Crippen molar-refractivity contribution in [2.45, 2.75) is 75.8 Å². The topological polar surface area (TPSA) is 177 Å². The van der Waals surface area contributed by atoms with Crippen molar-refractivity contribution in [3.05, 3.63) is 189 Å². The summed E-state index contributed by atoms with van der Waals surface area (Å²) in [6, 6.07) is 49.3. The Morgan fingerprint density at radius 2 is 1.44 bits per heavy atom. The van der Waals surface area contributed by atoms with Gasteiger partial charge in [-0.15, -0.1) is 5.10 Å². The maximum absolute atomic E-state index is 14.2. The number of aromatic amines is 1. The van der Waals surface area contributed by atoms with Crippen molar-refractivity contribution in [3.63, 3.8) is 0 Å². The van der Waals surface area contributed by atoms with E-state index in [0.29, 0.717) is 11.5 Å². The summed E-state index contributed by atoms with van der Waals surface area (Å²) < 4.78 is 51.0. The molecule has 9 aromatic rings. The highest BCUT2D eigenvalue weighted by atomic mass is 31.2. The molecule has 390 valence electrons. The van der Waals surface area contributed by atoms with Gasteiger partial charge in [-0.2, -0.15) is 9.94 Å². The number of nitriles is 1. The zero-order chi connectivity index (χ0) is 53.4. The monoisotopic (exact) mass is 1050 g/mol. The van der Waals surface area contributed by atoms with Gasteiger partial charge >= 0.3 is 5.69 Å². The molecule has 17 heteroatoms. The molecule has 2 bridgehead atoms. The first kappa shape index (κ1) is 51.4. The first-order valence-corrected chi connectivity index (χ1v) is 26.6. The fourth-order valence-corrected chi connectivity index (χ4v) is 12.6. The van der Waals surface area contributed by atoms with Gasteiger partial charge in [0.15, 0.2) is 6.23 Å². The number of H-pyrrole nitrogens is 1. The second-order valence-electron chi connectivity index (χ2n) is 19.7. The summed E-state index contributed by atoms with van der Waals surface area (Å²) in [5.74, 6) is 4.60. The molecule has 77 heavy (non-hydrogen) atoms. The van der Waals surface area contributed by atoms with E-state index in [4.69, 9.17) is 32.7 Å². The van der Waals surface area contributed by atoms with E-state index in [9.17, 15) is 14.9 Å². The Morgan fingerprint density at radius 1 is 0.805 bits per heavy atom. The number of hydrogen-bond acceptors (Lipinski definition) is 13. The second-order valence-corrected chi connectivity index (χ2v) is 21.1. The fourth-order valence-electron chi connectivity index (χ4n) is 10.8. The van der Waals surface area contributed by atoms with Gasteiger partial charge in [0.05, 0.1) is 58.3 Å².